The van der Waals surface area contributed by atoms with E-state index in [9.17, 15) is 4.79 Å². The summed E-state index contributed by atoms with van der Waals surface area (Å²) in [6.45, 7) is 3.33. The van der Waals surface area contributed by atoms with E-state index >= 15 is 0 Å². The Labute approximate surface area is 146 Å². The zero-order valence-electron chi connectivity index (χ0n) is 14.5. The number of carbonyl (C=O) groups excluding carboxylic acids is 1. The molecule has 6 nitrogen and oxygen atoms in total. The molecule has 0 unspecified atom stereocenters. The summed E-state index contributed by atoms with van der Waals surface area (Å²) in [7, 11) is 1.65. The number of aromatic nitrogens is 3. The highest BCUT2D eigenvalue weighted by Crippen LogP contribution is 2.29. The lowest BCUT2D eigenvalue weighted by atomic mass is 10.0. The quantitative estimate of drug-likeness (QED) is 0.672. The van der Waals surface area contributed by atoms with E-state index in [1.54, 1.807) is 18.0 Å². The van der Waals surface area contributed by atoms with Crippen LogP contribution >= 0.6 is 0 Å². The number of nitrogens with zero attached hydrogens (tertiary/aromatic N) is 3. The van der Waals surface area contributed by atoms with E-state index in [1.807, 2.05) is 31.2 Å². The molecule has 0 bridgehead atoms. The third-order valence-corrected chi connectivity index (χ3v) is 4.03. The second kappa shape index (κ2) is 7.90. The molecule has 0 aliphatic carbocycles. The van der Waals surface area contributed by atoms with Crippen LogP contribution in [0.2, 0.25) is 0 Å². The molecule has 3 rings (SSSR count). The normalized spacial score (nSPS) is 11.0. The van der Waals surface area contributed by atoms with Gasteiger partial charge in [-0.3, -0.25) is 4.79 Å². The van der Waals surface area contributed by atoms with E-state index in [1.165, 1.54) is 0 Å². The lowest BCUT2D eigenvalue weighted by Gasteiger charge is -2.06. The molecule has 0 fully saturated rings. The van der Waals surface area contributed by atoms with Crippen LogP contribution in [0.25, 0.3) is 22.2 Å². The van der Waals surface area contributed by atoms with Gasteiger partial charge >= 0.3 is 0 Å². The van der Waals surface area contributed by atoms with Gasteiger partial charge in [0.25, 0.3) is 0 Å². The lowest BCUT2D eigenvalue weighted by Crippen LogP contribution is -2.29. The maximum atomic E-state index is 12.1. The highest BCUT2D eigenvalue weighted by Gasteiger charge is 2.15. The molecule has 2 heterocycles. The van der Waals surface area contributed by atoms with Crippen LogP contribution in [0.1, 0.15) is 12.1 Å². The topological polar surface area (TPSA) is 69.0 Å². The first-order valence-corrected chi connectivity index (χ1v) is 8.34. The highest BCUT2D eigenvalue weighted by atomic mass is 16.5. The Morgan fingerprint density at radius 1 is 1.24 bits per heavy atom. The number of ether oxygens (including phenoxy) is 1. The third kappa shape index (κ3) is 3.85. The van der Waals surface area contributed by atoms with Crippen molar-refractivity contribution in [2.24, 2.45) is 0 Å². The molecule has 0 radical (unpaired) electrons. The van der Waals surface area contributed by atoms with E-state index in [0.29, 0.717) is 13.2 Å². The van der Waals surface area contributed by atoms with Gasteiger partial charge in [-0.1, -0.05) is 30.3 Å². The summed E-state index contributed by atoms with van der Waals surface area (Å²) >= 11 is 0. The Balaban J connectivity index is 1.85. The number of amides is 1. The maximum Gasteiger partial charge on any atom is 0.241 e. The largest absolute Gasteiger partial charge is 0.385 e. The van der Waals surface area contributed by atoms with E-state index in [2.05, 4.69) is 27.5 Å². The van der Waals surface area contributed by atoms with Gasteiger partial charge in [0.2, 0.25) is 5.91 Å². The summed E-state index contributed by atoms with van der Waals surface area (Å²) in [5.74, 6) is -0.0765. The van der Waals surface area contributed by atoms with Gasteiger partial charge in [0.05, 0.1) is 5.69 Å². The number of hydrogen-bond donors (Lipinski definition) is 1. The van der Waals surface area contributed by atoms with E-state index in [-0.39, 0.29) is 12.5 Å². The molecule has 0 spiro atoms. The minimum atomic E-state index is -0.0765. The number of carbonyl (C=O) groups is 1. The number of benzene rings is 1. The van der Waals surface area contributed by atoms with Gasteiger partial charge < -0.3 is 10.1 Å². The van der Waals surface area contributed by atoms with Crippen molar-refractivity contribution in [3.63, 3.8) is 0 Å². The lowest BCUT2D eigenvalue weighted by molar-refractivity contribution is -0.121. The van der Waals surface area contributed by atoms with Crippen molar-refractivity contribution in [2.75, 3.05) is 20.3 Å². The van der Waals surface area contributed by atoms with Crippen LogP contribution in [-0.4, -0.2) is 40.9 Å². The summed E-state index contributed by atoms with van der Waals surface area (Å²) < 4.78 is 6.65. The Morgan fingerprint density at radius 2 is 2.04 bits per heavy atom. The molecule has 6 heteroatoms. The van der Waals surface area contributed by atoms with Crippen LogP contribution in [0.5, 0.6) is 0 Å². The zero-order chi connectivity index (χ0) is 17.6. The smallest absolute Gasteiger partial charge is 0.241 e. The van der Waals surface area contributed by atoms with Gasteiger partial charge in [-0.25, -0.2) is 9.67 Å². The van der Waals surface area contributed by atoms with Gasteiger partial charge in [-0.2, -0.15) is 5.10 Å². The van der Waals surface area contributed by atoms with Gasteiger partial charge in [-0.05, 0) is 30.5 Å². The first kappa shape index (κ1) is 17.1. The summed E-state index contributed by atoms with van der Waals surface area (Å²) in [6.07, 6.45) is 2.55. The van der Waals surface area contributed by atoms with E-state index in [0.717, 1.165) is 34.3 Å². The standard InChI is InChI=1S/C19H22N4O2/c1-14-18-16(15-7-4-3-5-8-15)9-11-21-19(18)23(22-14)13-17(24)20-10-6-12-25-2/h3-5,7-9,11H,6,10,12-13H2,1-2H3,(H,20,24). The fourth-order valence-electron chi connectivity index (χ4n) is 2.89. The molecular weight excluding hydrogens is 316 g/mol. The van der Waals surface area contributed by atoms with Crippen LogP contribution in [0.3, 0.4) is 0 Å². The monoisotopic (exact) mass is 338 g/mol. The second-order valence-corrected chi connectivity index (χ2v) is 5.86. The number of aryl methyl sites for hydroxylation is 1. The van der Waals surface area contributed by atoms with Crippen molar-refractivity contribution >= 4 is 16.9 Å². The van der Waals surface area contributed by atoms with Gasteiger partial charge in [-0.15, -0.1) is 0 Å². The molecule has 0 saturated carbocycles. The Hall–Kier alpha value is -2.73. The molecule has 1 N–H and O–H groups in total. The van der Waals surface area contributed by atoms with Crippen LogP contribution in [0.4, 0.5) is 0 Å². The molecule has 3 aromatic rings. The van der Waals surface area contributed by atoms with E-state index < -0.39 is 0 Å². The number of hydrogen-bond acceptors (Lipinski definition) is 4. The van der Waals surface area contributed by atoms with E-state index in [4.69, 9.17) is 4.74 Å². The first-order chi connectivity index (χ1) is 12.2. The molecule has 2 aromatic heterocycles. The van der Waals surface area contributed by atoms with Crippen molar-refractivity contribution in [1.82, 2.24) is 20.1 Å². The molecule has 1 aromatic carbocycles. The Morgan fingerprint density at radius 3 is 2.80 bits per heavy atom. The van der Waals surface area contributed by atoms with Gasteiger partial charge in [0.1, 0.15) is 6.54 Å². The van der Waals surface area contributed by atoms with Crippen molar-refractivity contribution in [2.45, 2.75) is 19.9 Å². The van der Waals surface area contributed by atoms with Crippen LogP contribution in [0.15, 0.2) is 42.6 Å². The average Bonchev–Trinajstić information content (AvgIpc) is 2.95. The predicted molar refractivity (Wildman–Crippen MR) is 97.2 cm³/mol. The minimum Gasteiger partial charge on any atom is -0.385 e. The Kier molecular flexibility index (Phi) is 5.40. The van der Waals surface area contributed by atoms with Gasteiger partial charge in [0, 0.05) is 31.8 Å². The molecular formula is C19H22N4O2. The fraction of sp³-hybridized carbons (Fsp3) is 0.316. The second-order valence-electron chi connectivity index (χ2n) is 5.86. The molecule has 1 amide bonds. The highest BCUT2D eigenvalue weighted by molar-refractivity contribution is 5.95. The average molecular weight is 338 g/mol. The summed E-state index contributed by atoms with van der Waals surface area (Å²) in [4.78, 5) is 16.6. The molecule has 0 saturated heterocycles. The minimum absolute atomic E-state index is 0.0765. The van der Waals surface area contributed by atoms with Crippen LogP contribution in [0, 0.1) is 6.92 Å². The number of rotatable bonds is 7. The summed E-state index contributed by atoms with van der Waals surface area (Å²) in [5.41, 5.74) is 3.79. The predicted octanol–water partition coefficient (Wildman–Crippen LogP) is 2.56. The molecule has 0 atom stereocenters. The Bertz CT molecular complexity index is 858. The van der Waals surface area contributed by atoms with Crippen molar-refractivity contribution < 1.29 is 9.53 Å². The fourth-order valence-corrected chi connectivity index (χ4v) is 2.89. The summed E-state index contributed by atoms with van der Waals surface area (Å²) in [5, 5.41) is 8.39. The molecule has 0 aliphatic heterocycles. The van der Waals surface area contributed by atoms with Crippen molar-refractivity contribution in [1.29, 1.82) is 0 Å². The number of pyridine rings is 1. The van der Waals surface area contributed by atoms with Crippen molar-refractivity contribution in [3.05, 3.63) is 48.3 Å². The molecule has 25 heavy (non-hydrogen) atoms. The van der Waals surface area contributed by atoms with Gasteiger partial charge in [0.15, 0.2) is 5.65 Å². The number of fused-ring (bicyclic) bond motifs is 1. The first-order valence-electron chi connectivity index (χ1n) is 8.34. The number of nitrogens with one attached hydrogen (secondary N) is 1. The van der Waals surface area contributed by atoms with Crippen LogP contribution < -0.4 is 5.32 Å². The maximum absolute atomic E-state index is 12.1. The third-order valence-electron chi connectivity index (χ3n) is 4.03. The SMILES string of the molecule is COCCCNC(=O)Cn1nc(C)c2c(-c3ccccc3)ccnc21. The molecule has 130 valence electrons. The van der Waals surface area contributed by atoms with Crippen molar-refractivity contribution in [3.8, 4) is 11.1 Å². The van der Waals surface area contributed by atoms with Crippen LogP contribution in [-0.2, 0) is 16.1 Å². The summed E-state index contributed by atoms with van der Waals surface area (Å²) in [6, 6.07) is 12.1. The zero-order valence-corrected chi connectivity index (χ0v) is 14.5. The number of methoxy groups -OCH3 is 1. The molecule has 0 aliphatic rings.